The molecule has 0 aliphatic carbocycles. The highest BCUT2D eigenvalue weighted by atomic mass is 32.1. The van der Waals surface area contributed by atoms with Gasteiger partial charge in [-0.2, -0.15) is 0 Å². The molecule has 0 amide bonds. The molecule has 0 saturated heterocycles. The van der Waals surface area contributed by atoms with Crippen LogP contribution in [0.1, 0.15) is 0 Å². The normalized spacial score (nSPS) is 12.6. The molecule has 240 valence electrons. The van der Waals surface area contributed by atoms with Crippen molar-refractivity contribution in [3.05, 3.63) is 146 Å². The van der Waals surface area contributed by atoms with E-state index in [2.05, 4.69) is 142 Å². The van der Waals surface area contributed by atoms with Gasteiger partial charge in [0, 0.05) is 52.7 Å². The van der Waals surface area contributed by atoms with Crippen LogP contribution in [0.15, 0.2) is 150 Å². The van der Waals surface area contributed by atoms with Crippen LogP contribution < -0.4 is 0 Å². The van der Waals surface area contributed by atoms with Crippen molar-refractivity contribution in [1.82, 2.24) is 18.9 Å². The van der Waals surface area contributed by atoms with Gasteiger partial charge >= 0.3 is 0 Å². The van der Waals surface area contributed by atoms with Crippen molar-refractivity contribution in [2.45, 2.75) is 0 Å². The van der Waals surface area contributed by atoms with Crippen LogP contribution >= 0.6 is 11.3 Å². The molecule has 0 radical (unpaired) electrons. The van der Waals surface area contributed by atoms with E-state index in [4.69, 9.17) is 14.4 Å². The lowest BCUT2D eigenvalue weighted by Crippen LogP contribution is -2.03. The number of benzene rings is 7. The molecule has 6 aromatic heterocycles. The Kier molecular flexibility index (Phi) is 4.94. The average Bonchev–Trinajstić information content (AvgIpc) is 3.93. The molecule has 5 nitrogen and oxygen atoms in total. The molecule has 0 fully saturated rings. The molecule has 0 spiro atoms. The molecule has 52 heavy (non-hydrogen) atoms. The Morgan fingerprint density at radius 2 is 1.21 bits per heavy atom. The minimum Gasteiger partial charge on any atom is -0.452 e. The van der Waals surface area contributed by atoms with Gasteiger partial charge in [0.2, 0.25) is 5.95 Å². The number of hydrogen-bond acceptors (Lipinski definition) is 4. The van der Waals surface area contributed by atoms with Crippen molar-refractivity contribution in [3.8, 4) is 28.3 Å². The highest BCUT2D eigenvalue weighted by molar-refractivity contribution is 7.26. The summed E-state index contributed by atoms with van der Waals surface area (Å²) in [4.78, 5) is 10.9. The number of thiophene rings is 1. The molecular formula is C46H24N4OS. The molecule has 0 aliphatic heterocycles. The van der Waals surface area contributed by atoms with Crippen LogP contribution in [0.5, 0.6) is 0 Å². The lowest BCUT2D eigenvalue weighted by Gasteiger charge is -2.13. The number of hydrogen-bond donors (Lipinski definition) is 0. The molecule has 0 saturated carbocycles. The van der Waals surface area contributed by atoms with E-state index in [-0.39, 0.29) is 0 Å². The second-order valence-corrected chi connectivity index (χ2v) is 14.8. The molecule has 13 aromatic rings. The number of para-hydroxylation sites is 2. The van der Waals surface area contributed by atoms with Gasteiger partial charge in [-0.1, -0.05) is 97.1 Å². The summed E-state index contributed by atoms with van der Waals surface area (Å²) in [5.41, 5.74) is 12.1. The largest absolute Gasteiger partial charge is 0.452 e. The van der Waals surface area contributed by atoms with Crippen molar-refractivity contribution in [2.24, 2.45) is 0 Å². The molecule has 7 aromatic carbocycles. The van der Waals surface area contributed by atoms with Gasteiger partial charge in [-0.05, 0) is 59.7 Å². The van der Waals surface area contributed by atoms with E-state index >= 15 is 0 Å². The summed E-state index contributed by atoms with van der Waals surface area (Å²) in [6.45, 7) is 0. The van der Waals surface area contributed by atoms with E-state index in [9.17, 15) is 0 Å². The molecule has 0 atom stereocenters. The standard InChI is InChI=1S/C46H24N4OS/c1-2-11-25(12-3-1)26-13-4-5-15-28(26)42-45-43(30-16-7-9-19-35(30)51-45)48-46(47-42)50-33-23-24-37-41-38-32(18-10-20-36(38)52-37)49-31-17-8-6-14-27(31)29-21-22-34(50)40(39(33)41)44(29)49/h1-24H. The van der Waals surface area contributed by atoms with Gasteiger partial charge in [-0.25, -0.2) is 9.97 Å². The number of furan rings is 1. The fourth-order valence-corrected chi connectivity index (χ4v) is 10.1. The highest BCUT2D eigenvalue weighted by Crippen LogP contribution is 2.50. The zero-order valence-corrected chi connectivity index (χ0v) is 28.3. The first-order chi connectivity index (χ1) is 25.8. The first-order valence-corrected chi connectivity index (χ1v) is 18.3. The van der Waals surface area contributed by atoms with E-state index in [0.717, 1.165) is 49.9 Å². The summed E-state index contributed by atoms with van der Waals surface area (Å²) in [5, 5.41) is 8.58. The lowest BCUT2D eigenvalue weighted by atomic mass is 9.97. The van der Waals surface area contributed by atoms with Gasteiger partial charge in [0.05, 0.1) is 27.6 Å². The van der Waals surface area contributed by atoms with Gasteiger partial charge in [-0.3, -0.25) is 4.57 Å². The van der Waals surface area contributed by atoms with Crippen LogP contribution in [-0.4, -0.2) is 18.9 Å². The van der Waals surface area contributed by atoms with Gasteiger partial charge in [0.15, 0.2) is 5.58 Å². The first kappa shape index (κ1) is 27.0. The van der Waals surface area contributed by atoms with Crippen LogP contribution in [0.3, 0.4) is 0 Å². The Hall–Kier alpha value is -6.76. The lowest BCUT2D eigenvalue weighted by molar-refractivity contribution is 0.666. The van der Waals surface area contributed by atoms with E-state index in [0.29, 0.717) is 11.5 Å². The van der Waals surface area contributed by atoms with Crippen LogP contribution in [0.25, 0.3) is 120 Å². The van der Waals surface area contributed by atoms with E-state index < -0.39 is 0 Å². The quantitative estimate of drug-likeness (QED) is 0.187. The smallest absolute Gasteiger partial charge is 0.236 e. The number of fused-ring (bicyclic) bond motifs is 7. The summed E-state index contributed by atoms with van der Waals surface area (Å²) in [5.74, 6) is 0.624. The summed E-state index contributed by atoms with van der Waals surface area (Å²) >= 11 is 1.87. The predicted molar refractivity (Wildman–Crippen MR) is 216 cm³/mol. The predicted octanol–water partition coefficient (Wildman–Crippen LogP) is 12.6. The average molecular weight is 681 g/mol. The third-order valence-electron chi connectivity index (χ3n) is 11.1. The molecule has 0 aliphatic rings. The number of aromatic nitrogens is 4. The van der Waals surface area contributed by atoms with Gasteiger partial charge in [0.25, 0.3) is 0 Å². The molecule has 0 bridgehead atoms. The van der Waals surface area contributed by atoms with Gasteiger partial charge in [0.1, 0.15) is 16.8 Å². The van der Waals surface area contributed by atoms with Crippen LogP contribution in [-0.2, 0) is 0 Å². The fraction of sp³-hybridized carbons (Fsp3) is 0. The molecule has 0 N–H and O–H groups in total. The SMILES string of the molecule is c1ccc(-c2ccccc2-c2nc(-n3c4ccc5sc6cccc7c6c5c4c4c3ccc3c5ccccc5n7c34)nc3c2oc2ccccc23)cc1. The third-order valence-corrected chi connectivity index (χ3v) is 12.2. The number of nitrogens with zero attached hydrogens (tertiary/aromatic N) is 4. The minimum atomic E-state index is 0.624. The van der Waals surface area contributed by atoms with Gasteiger partial charge < -0.3 is 8.82 Å². The number of rotatable bonds is 3. The van der Waals surface area contributed by atoms with Crippen LogP contribution in [0.4, 0.5) is 0 Å². The molecular weight excluding hydrogens is 657 g/mol. The van der Waals surface area contributed by atoms with Crippen molar-refractivity contribution in [3.63, 3.8) is 0 Å². The van der Waals surface area contributed by atoms with E-state index in [1.807, 2.05) is 23.5 Å². The second kappa shape index (κ2) is 9.51. The van der Waals surface area contributed by atoms with E-state index in [1.54, 1.807) is 0 Å². The molecule has 6 heterocycles. The van der Waals surface area contributed by atoms with Crippen LogP contribution in [0, 0.1) is 0 Å². The Morgan fingerprint density at radius 3 is 2.13 bits per heavy atom. The Balaban J connectivity index is 1.24. The van der Waals surface area contributed by atoms with Crippen molar-refractivity contribution >= 4 is 103 Å². The summed E-state index contributed by atoms with van der Waals surface area (Å²) in [6, 6.07) is 51.9. The molecule has 0 unspecified atom stereocenters. The van der Waals surface area contributed by atoms with Gasteiger partial charge in [-0.15, -0.1) is 11.3 Å². The van der Waals surface area contributed by atoms with Crippen molar-refractivity contribution in [1.29, 1.82) is 0 Å². The van der Waals surface area contributed by atoms with E-state index in [1.165, 1.54) is 58.3 Å². The summed E-state index contributed by atoms with van der Waals surface area (Å²) < 4.78 is 14.0. The topological polar surface area (TPSA) is 48.3 Å². The molecule has 13 rings (SSSR count). The zero-order valence-electron chi connectivity index (χ0n) is 27.5. The minimum absolute atomic E-state index is 0.624. The Bertz CT molecular complexity index is 3580. The molecule has 6 heteroatoms. The van der Waals surface area contributed by atoms with Crippen LogP contribution in [0.2, 0.25) is 0 Å². The van der Waals surface area contributed by atoms with Crippen molar-refractivity contribution in [2.75, 3.05) is 0 Å². The first-order valence-electron chi connectivity index (χ1n) is 17.5. The Labute approximate surface area is 298 Å². The summed E-state index contributed by atoms with van der Waals surface area (Å²) in [7, 11) is 0. The maximum Gasteiger partial charge on any atom is 0.236 e. The maximum absolute atomic E-state index is 6.63. The third kappa shape index (κ3) is 3.24. The fourth-order valence-electron chi connectivity index (χ4n) is 9.00. The van der Waals surface area contributed by atoms with Crippen molar-refractivity contribution < 1.29 is 4.42 Å². The highest BCUT2D eigenvalue weighted by Gasteiger charge is 2.28. The summed E-state index contributed by atoms with van der Waals surface area (Å²) in [6.07, 6.45) is 0. The monoisotopic (exact) mass is 680 g/mol. The Morgan fingerprint density at radius 1 is 0.481 bits per heavy atom. The maximum atomic E-state index is 6.63. The second-order valence-electron chi connectivity index (χ2n) is 13.7. The zero-order chi connectivity index (χ0) is 33.7.